The van der Waals surface area contributed by atoms with Gasteiger partial charge in [0.15, 0.2) is 0 Å². The molecule has 1 saturated carbocycles. The highest BCUT2D eigenvalue weighted by atomic mass is 16.3. The number of hydrogen-bond donors (Lipinski definition) is 3. The van der Waals surface area contributed by atoms with Gasteiger partial charge < -0.3 is 25.5 Å². The van der Waals surface area contributed by atoms with Crippen LogP contribution in [0.15, 0.2) is 54.7 Å². The van der Waals surface area contributed by atoms with Gasteiger partial charge in [0.1, 0.15) is 5.82 Å². The van der Waals surface area contributed by atoms with E-state index in [2.05, 4.69) is 57.5 Å². The minimum atomic E-state index is -0.712. The number of hydrogen-bond acceptors (Lipinski definition) is 7. The molecule has 38 heavy (non-hydrogen) atoms. The molecule has 0 spiro atoms. The van der Waals surface area contributed by atoms with Crippen LogP contribution in [0.5, 0.6) is 0 Å². The van der Waals surface area contributed by atoms with Crippen molar-refractivity contribution in [2.45, 2.75) is 51.6 Å². The monoisotopic (exact) mass is 514 g/mol. The number of nitrogens with one attached hydrogen (secondary N) is 2. The molecule has 8 heteroatoms. The highest BCUT2D eigenvalue weighted by Crippen LogP contribution is 2.42. The molecule has 0 atom stereocenters. The van der Waals surface area contributed by atoms with E-state index in [-0.39, 0.29) is 5.91 Å². The Morgan fingerprint density at radius 3 is 2.58 bits per heavy atom. The summed E-state index contributed by atoms with van der Waals surface area (Å²) < 4.78 is 0. The van der Waals surface area contributed by atoms with Gasteiger partial charge in [-0.05, 0) is 79.9 Å². The summed E-state index contributed by atoms with van der Waals surface area (Å²) in [5.74, 6) is 1.25. The molecule has 2 aromatic carbocycles. The van der Waals surface area contributed by atoms with E-state index in [9.17, 15) is 9.90 Å². The largest absolute Gasteiger partial charge is 0.385 e. The van der Waals surface area contributed by atoms with Crippen molar-refractivity contribution < 1.29 is 9.90 Å². The number of carbonyl (C=O) groups excluding carboxylic acids is 1. The molecule has 0 saturated heterocycles. The zero-order valence-corrected chi connectivity index (χ0v) is 22.4. The molecule has 3 N–H and O–H groups in total. The molecule has 8 nitrogen and oxygen atoms in total. The number of fused-ring (bicyclic) bond motifs is 1. The van der Waals surface area contributed by atoms with Gasteiger partial charge in [-0.1, -0.05) is 38.8 Å². The first-order chi connectivity index (χ1) is 18.5. The maximum Gasteiger partial charge on any atom is 0.251 e. The van der Waals surface area contributed by atoms with E-state index in [1.807, 2.05) is 30.3 Å². The number of anilines is 4. The van der Waals surface area contributed by atoms with E-state index in [1.165, 1.54) is 5.56 Å². The van der Waals surface area contributed by atoms with Gasteiger partial charge in [0.25, 0.3) is 5.91 Å². The SMILES string of the molecule is CCN(CC)CCNC(=O)c1ccc(Nc2nccc(N3CCc4ccc(C5(O)CCCC5)cc43)n2)cc1. The second kappa shape index (κ2) is 11.5. The van der Waals surface area contributed by atoms with Gasteiger partial charge in [-0.15, -0.1) is 0 Å². The lowest BCUT2D eigenvalue weighted by atomic mass is 9.91. The first kappa shape index (κ1) is 26.1. The molecule has 200 valence electrons. The zero-order chi connectivity index (χ0) is 26.5. The first-order valence-corrected chi connectivity index (χ1v) is 13.8. The second-order valence-electron chi connectivity index (χ2n) is 10.2. The Balaban J connectivity index is 1.24. The third-order valence-electron chi connectivity index (χ3n) is 7.88. The second-order valence-corrected chi connectivity index (χ2v) is 10.2. The van der Waals surface area contributed by atoms with Gasteiger partial charge in [0.2, 0.25) is 5.95 Å². The molecular formula is C30H38N6O2. The Kier molecular flexibility index (Phi) is 7.90. The van der Waals surface area contributed by atoms with Gasteiger partial charge in [0, 0.05) is 42.8 Å². The molecule has 2 heterocycles. The van der Waals surface area contributed by atoms with Crippen LogP contribution in [0, 0.1) is 0 Å². The molecule has 0 unspecified atom stereocenters. The molecular weight excluding hydrogens is 476 g/mol. The Morgan fingerprint density at radius 1 is 1.08 bits per heavy atom. The molecule has 1 amide bonds. The van der Waals surface area contributed by atoms with Crippen molar-refractivity contribution in [3.8, 4) is 0 Å². The number of aliphatic hydroxyl groups is 1. The topological polar surface area (TPSA) is 93.6 Å². The average Bonchev–Trinajstić information content (AvgIpc) is 3.58. The van der Waals surface area contributed by atoms with Crippen LogP contribution in [0.2, 0.25) is 0 Å². The smallest absolute Gasteiger partial charge is 0.251 e. The van der Waals surface area contributed by atoms with Gasteiger partial charge >= 0.3 is 0 Å². The highest BCUT2D eigenvalue weighted by Gasteiger charge is 2.34. The standard InChI is InChI=1S/C30H38N6O2/c1-3-35(4-2)20-18-31-28(37)23-8-11-25(12-9-23)33-29-32-17-13-27(34-29)36-19-14-22-7-10-24(21-26(22)36)30(38)15-5-6-16-30/h7-13,17,21,38H,3-6,14-16,18-20H2,1-2H3,(H,31,37)(H,32,33,34). The van der Waals surface area contributed by atoms with E-state index < -0.39 is 5.60 Å². The average molecular weight is 515 g/mol. The number of benzene rings is 2. The number of amides is 1. The molecule has 1 fully saturated rings. The fraction of sp³-hybridized carbons (Fsp3) is 0.433. The molecule has 0 bridgehead atoms. The lowest BCUT2D eigenvalue weighted by molar-refractivity contribution is 0.0445. The number of carbonyl (C=O) groups is 1. The summed E-state index contributed by atoms with van der Waals surface area (Å²) in [5.41, 5.74) is 4.12. The van der Waals surface area contributed by atoms with Crippen molar-refractivity contribution >= 4 is 29.0 Å². The molecule has 5 rings (SSSR count). The van der Waals surface area contributed by atoms with E-state index in [0.29, 0.717) is 18.1 Å². The van der Waals surface area contributed by atoms with E-state index in [0.717, 1.165) is 81.0 Å². The van der Waals surface area contributed by atoms with Crippen LogP contribution >= 0.6 is 0 Å². The fourth-order valence-electron chi connectivity index (χ4n) is 5.52. The van der Waals surface area contributed by atoms with Crippen LogP contribution in [0.25, 0.3) is 0 Å². The quantitative estimate of drug-likeness (QED) is 0.360. The van der Waals surface area contributed by atoms with Crippen molar-refractivity contribution in [1.29, 1.82) is 0 Å². The summed E-state index contributed by atoms with van der Waals surface area (Å²) in [6, 6.07) is 15.7. The van der Waals surface area contributed by atoms with Crippen LogP contribution in [0.3, 0.4) is 0 Å². The summed E-state index contributed by atoms with van der Waals surface area (Å²) in [4.78, 5) is 26.2. The predicted molar refractivity (Wildman–Crippen MR) is 151 cm³/mol. The maximum absolute atomic E-state index is 12.5. The number of aromatic nitrogens is 2. The third kappa shape index (κ3) is 5.66. The van der Waals surface area contributed by atoms with Crippen LogP contribution in [-0.4, -0.2) is 58.6 Å². The zero-order valence-electron chi connectivity index (χ0n) is 22.4. The molecule has 0 radical (unpaired) electrons. The molecule has 3 aromatic rings. The van der Waals surface area contributed by atoms with Gasteiger partial charge in [-0.25, -0.2) is 4.98 Å². The summed E-state index contributed by atoms with van der Waals surface area (Å²) in [7, 11) is 0. The van der Waals surface area contributed by atoms with Crippen LogP contribution in [-0.2, 0) is 12.0 Å². The molecule has 1 aromatic heterocycles. The summed E-state index contributed by atoms with van der Waals surface area (Å²) in [5, 5.41) is 17.4. The summed E-state index contributed by atoms with van der Waals surface area (Å²) in [6.07, 6.45) is 6.49. The molecule has 2 aliphatic rings. The lowest BCUT2D eigenvalue weighted by Gasteiger charge is -2.25. The summed E-state index contributed by atoms with van der Waals surface area (Å²) in [6.45, 7) is 8.51. The maximum atomic E-state index is 12.5. The van der Waals surface area contributed by atoms with Crippen LogP contribution in [0.1, 0.15) is 61.0 Å². The van der Waals surface area contributed by atoms with E-state index in [4.69, 9.17) is 4.98 Å². The minimum absolute atomic E-state index is 0.0729. The van der Waals surface area contributed by atoms with E-state index in [1.54, 1.807) is 6.20 Å². The van der Waals surface area contributed by atoms with Crippen molar-refractivity contribution in [1.82, 2.24) is 20.2 Å². The van der Waals surface area contributed by atoms with Gasteiger partial charge in [-0.2, -0.15) is 4.98 Å². The third-order valence-corrected chi connectivity index (χ3v) is 7.88. The summed E-state index contributed by atoms with van der Waals surface area (Å²) >= 11 is 0. The predicted octanol–water partition coefficient (Wildman–Crippen LogP) is 4.75. The normalized spacial score (nSPS) is 16.1. The van der Waals surface area contributed by atoms with Crippen LogP contribution < -0.4 is 15.5 Å². The van der Waals surface area contributed by atoms with E-state index >= 15 is 0 Å². The Labute approximate surface area is 225 Å². The Bertz CT molecular complexity index is 1250. The van der Waals surface area contributed by atoms with Crippen molar-refractivity contribution in [2.75, 3.05) is 42.9 Å². The highest BCUT2D eigenvalue weighted by molar-refractivity contribution is 5.94. The number of rotatable bonds is 10. The van der Waals surface area contributed by atoms with Gasteiger partial charge in [0.05, 0.1) is 5.60 Å². The molecule has 1 aliphatic heterocycles. The molecule has 1 aliphatic carbocycles. The fourth-order valence-corrected chi connectivity index (χ4v) is 5.52. The Morgan fingerprint density at radius 2 is 1.84 bits per heavy atom. The lowest BCUT2D eigenvalue weighted by Crippen LogP contribution is -2.34. The van der Waals surface area contributed by atoms with Gasteiger partial charge in [-0.3, -0.25) is 4.79 Å². The van der Waals surface area contributed by atoms with Crippen molar-refractivity contribution in [3.63, 3.8) is 0 Å². The minimum Gasteiger partial charge on any atom is -0.385 e. The number of likely N-dealkylation sites (N-methyl/N-ethyl adjacent to an activating group) is 1. The van der Waals surface area contributed by atoms with Crippen molar-refractivity contribution in [3.05, 3.63) is 71.4 Å². The number of nitrogens with zero attached hydrogens (tertiary/aromatic N) is 4. The van der Waals surface area contributed by atoms with Crippen molar-refractivity contribution in [2.24, 2.45) is 0 Å². The Hall–Kier alpha value is -3.49. The van der Waals surface area contributed by atoms with Crippen LogP contribution in [0.4, 0.5) is 23.1 Å². The first-order valence-electron chi connectivity index (χ1n) is 13.8.